The summed E-state index contributed by atoms with van der Waals surface area (Å²) in [6.07, 6.45) is 3.20. The van der Waals surface area contributed by atoms with Crippen molar-refractivity contribution in [3.05, 3.63) is 30.3 Å². The molecule has 1 aromatic carbocycles. The van der Waals surface area contributed by atoms with Gasteiger partial charge < -0.3 is 15.4 Å². The van der Waals surface area contributed by atoms with Crippen LogP contribution in [0.3, 0.4) is 0 Å². The molecule has 1 aliphatic heterocycles. The molecule has 0 spiro atoms. The topological polar surface area (TPSA) is 55.6 Å². The van der Waals surface area contributed by atoms with Crippen LogP contribution in [-0.2, 0) is 4.79 Å². The molecule has 0 unspecified atom stereocenters. The van der Waals surface area contributed by atoms with Crippen molar-refractivity contribution in [1.29, 1.82) is 0 Å². The van der Waals surface area contributed by atoms with Crippen LogP contribution in [0.4, 0.5) is 0 Å². The Morgan fingerprint density at radius 2 is 1.95 bits per heavy atom. The zero-order valence-electron chi connectivity index (χ0n) is 11.3. The largest absolute Gasteiger partial charge is 0.484 e. The summed E-state index contributed by atoms with van der Waals surface area (Å²) in [5, 5.41) is 0. The summed E-state index contributed by atoms with van der Waals surface area (Å²) in [6, 6.07) is 9.45. The van der Waals surface area contributed by atoms with E-state index in [4.69, 9.17) is 10.5 Å². The van der Waals surface area contributed by atoms with E-state index in [0.29, 0.717) is 5.92 Å². The SMILES string of the molecule is NCCC1CCN(C(=O)COc2ccccc2)CC1. The number of rotatable bonds is 5. The van der Waals surface area contributed by atoms with Gasteiger partial charge >= 0.3 is 0 Å². The quantitative estimate of drug-likeness (QED) is 0.878. The third-order valence-corrected chi connectivity index (χ3v) is 3.65. The molecule has 1 aliphatic rings. The van der Waals surface area contributed by atoms with Crippen LogP contribution in [-0.4, -0.2) is 37.0 Å². The van der Waals surface area contributed by atoms with Gasteiger partial charge in [-0.25, -0.2) is 0 Å². The number of nitrogens with two attached hydrogens (primary N) is 1. The summed E-state index contributed by atoms with van der Waals surface area (Å²) in [5.74, 6) is 1.51. The molecule has 1 saturated heterocycles. The number of hydrogen-bond donors (Lipinski definition) is 1. The van der Waals surface area contributed by atoms with E-state index in [2.05, 4.69) is 0 Å². The number of nitrogens with zero attached hydrogens (tertiary/aromatic N) is 1. The van der Waals surface area contributed by atoms with E-state index in [1.165, 1.54) is 0 Å². The molecule has 0 aromatic heterocycles. The number of benzene rings is 1. The van der Waals surface area contributed by atoms with Crippen LogP contribution in [0, 0.1) is 5.92 Å². The van der Waals surface area contributed by atoms with Crippen molar-refractivity contribution >= 4 is 5.91 Å². The van der Waals surface area contributed by atoms with Crippen molar-refractivity contribution in [2.75, 3.05) is 26.2 Å². The number of likely N-dealkylation sites (tertiary alicyclic amines) is 1. The molecule has 2 rings (SSSR count). The molecule has 4 heteroatoms. The molecule has 0 atom stereocenters. The van der Waals surface area contributed by atoms with Crippen molar-refractivity contribution in [1.82, 2.24) is 4.90 Å². The minimum absolute atomic E-state index is 0.0788. The summed E-state index contributed by atoms with van der Waals surface area (Å²) in [7, 11) is 0. The molecule has 0 bridgehead atoms. The van der Waals surface area contributed by atoms with Crippen molar-refractivity contribution in [2.24, 2.45) is 11.7 Å². The fourth-order valence-corrected chi connectivity index (χ4v) is 2.46. The lowest BCUT2D eigenvalue weighted by Crippen LogP contribution is -2.41. The molecule has 1 heterocycles. The summed E-state index contributed by atoms with van der Waals surface area (Å²) >= 11 is 0. The zero-order chi connectivity index (χ0) is 13.5. The Labute approximate surface area is 114 Å². The summed E-state index contributed by atoms with van der Waals surface area (Å²) in [6.45, 7) is 2.55. The van der Waals surface area contributed by atoms with Gasteiger partial charge in [0.1, 0.15) is 5.75 Å². The number of amides is 1. The highest BCUT2D eigenvalue weighted by molar-refractivity contribution is 5.77. The standard InChI is InChI=1S/C15H22N2O2/c16-9-6-13-7-10-17(11-8-13)15(18)12-19-14-4-2-1-3-5-14/h1-5,13H,6-12,16H2. The lowest BCUT2D eigenvalue weighted by molar-refractivity contribution is -0.134. The summed E-state index contributed by atoms with van der Waals surface area (Å²) in [4.78, 5) is 13.9. The van der Waals surface area contributed by atoms with Gasteiger partial charge in [0, 0.05) is 13.1 Å². The molecule has 1 fully saturated rings. The van der Waals surface area contributed by atoms with Crippen LogP contribution in [0.15, 0.2) is 30.3 Å². The van der Waals surface area contributed by atoms with Crippen LogP contribution >= 0.6 is 0 Å². The lowest BCUT2D eigenvalue weighted by Gasteiger charge is -2.31. The molecule has 0 aliphatic carbocycles. The highest BCUT2D eigenvalue weighted by atomic mass is 16.5. The number of carbonyl (C=O) groups excluding carboxylic acids is 1. The van der Waals surface area contributed by atoms with Crippen LogP contribution in [0.1, 0.15) is 19.3 Å². The average molecular weight is 262 g/mol. The third kappa shape index (κ3) is 4.24. The Bertz CT molecular complexity index is 386. The Morgan fingerprint density at radius 3 is 2.58 bits per heavy atom. The second-order valence-electron chi connectivity index (χ2n) is 5.00. The second-order valence-corrected chi connectivity index (χ2v) is 5.00. The minimum Gasteiger partial charge on any atom is -0.484 e. The first-order valence-electron chi connectivity index (χ1n) is 6.95. The maximum absolute atomic E-state index is 12.0. The molecule has 2 N–H and O–H groups in total. The van der Waals surface area contributed by atoms with Gasteiger partial charge in [0.15, 0.2) is 6.61 Å². The minimum atomic E-state index is 0.0788. The zero-order valence-corrected chi connectivity index (χ0v) is 11.3. The van der Waals surface area contributed by atoms with Gasteiger partial charge in [-0.15, -0.1) is 0 Å². The molecule has 4 nitrogen and oxygen atoms in total. The molecule has 104 valence electrons. The second kappa shape index (κ2) is 7.14. The highest BCUT2D eigenvalue weighted by Gasteiger charge is 2.22. The predicted molar refractivity (Wildman–Crippen MR) is 74.9 cm³/mol. The molecule has 0 saturated carbocycles. The smallest absolute Gasteiger partial charge is 0.260 e. The van der Waals surface area contributed by atoms with Crippen LogP contribution in [0.25, 0.3) is 0 Å². The van der Waals surface area contributed by atoms with Gasteiger partial charge in [0.2, 0.25) is 0 Å². The van der Waals surface area contributed by atoms with Crippen LogP contribution in [0.2, 0.25) is 0 Å². The normalized spacial score (nSPS) is 16.4. The third-order valence-electron chi connectivity index (χ3n) is 3.65. The van der Waals surface area contributed by atoms with Crippen molar-refractivity contribution in [3.63, 3.8) is 0 Å². The predicted octanol–water partition coefficient (Wildman–Crippen LogP) is 1.65. The number of ether oxygens (including phenoxy) is 1. The monoisotopic (exact) mass is 262 g/mol. The molecule has 0 radical (unpaired) electrons. The first-order valence-corrected chi connectivity index (χ1v) is 6.95. The Morgan fingerprint density at radius 1 is 1.26 bits per heavy atom. The fraction of sp³-hybridized carbons (Fsp3) is 0.533. The van der Waals surface area contributed by atoms with Gasteiger partial charge in [-0.3, -0.25) is 4.79 Å². The lowest BCUT2D eigenvalue weighted by atomic mass is 9.94. The van der Waals surface area contributed by atoms with E-state index in [1.807, 2.05) is 35.2 Å². The van der Waals surface area contributed by atoms with E-state index >= 15 is 0 Å². The van der Waals surface area contributed by atoms with Gasteiger partial charge in [0.05, 0.1) is 0 Å². The van der Waals surface area contributed by atoms with E-state index in [0.717, 1.165) is 44.6 Å². The molecule has 19 heavy (non-hydrogen) atoms. The number of hydrogen-bond acceptors (Lipinski definition) is 3. The first kappa shape index (κ1) is 13.9. The van der Waals surface area contributed by atoms with Gasteiger partial charge in [0.25, 0.3) is 5.91 Å². The van der Waals surface area contributed by atoms with Gasteiger partial charge in [-0.05, 0) is 43.9 Å². The summed E-state index contributed by atoms with van der Waals surface area (Å²) in [5.41, 5.74) is 5.57. The van der Waals surface area contributed by atoms with E-state index in [1.54, 1.807) is 0 Å². The van der Waals surface area contributed by atoms with Gasteiger partial charge in [-0.1, -0.05) is 18.2 Å². The summed E-state index contributed by atoms with van der Waals surface area (Å²) < 4.78 is 5.48. The van der Waals surface area contributed by atoms with Crippen LogP contribution < -0.4 is 10.5 Å². The van der Waals surface area contributed by atoms with Crippen LogP contribution in [0.5, 0.6) is 5.75 Å². The first-order chi connectivity index (χ1) is 9.29. The maximum atomic E-state index is 12.0. The average Bonchev–Trinajstić information content (AvgIpc) is 2.47. The number of carbonyl (C=O) groups is 1. The van der Waals surface area contributed by atoms with Crippen molar-refractivity contribution < 1.29 is 9.53 Å². The van der Waals surface area contributed by atoms with Crippen molar-refractivity contribution in [3.8, 4) is 5.75 Å². The molecular formula is C15H22N2O2. The van der Waals surface area contributed by atoms with Gasteiger partial charge in [-0.2, -0.15) is 0 Å². The Kier molecular flexibility index (Phi) is 5.21. The van der Waals surface area contributed by atoms with E-state index in [-0.39, 0.29) is 12.5 Å². The number of piperidine rings is 1. The highest BCUT2D eigenvalue weighted by Crippen LogP contribution is 2.20. The maximum Gasteiger partial charge on any atom is 0.260 e. The Balaban J connectivity index is 1.73. The van der Waals surface area contributed by atoms with E-state index in [9.17, 15) is 4.79 Å². The fourth-order valence-electron chi connectivity index (χ4n) is 2.46. The number of para-hydroxylation sites is 1. The van der Waals surface area contributed by atoms with Crippen molar-refractivity contribution in [2.45, 2.75) is 19.3 Å². The molecular weight excluding hydrogens is 240 g/mol. The molecule has 1 amide bonds. The van der Waals surface area contributed by atoms with E-state index < -0.39 is 0 Å². The molecule has 1 aromatic rings. The Hall–Kier alpha value is -1.55.